The van der Waals surface area contributed by atoms with Crippen molar-refractivity contribution in [2.45, 2.75) is 26.9 Å². The number of hydrogen-bond acceptors (Lipinski definition) is 3. The van der Waals surface area contributed by atoms with E-state index in [-0.39, 0.29) is 5.91 Å². The van der Waals surface area contributed by atoms with E-state index in [0.717, 1.165) is 38.8 Å². The molecule has 0 bridgehead atoms. The number of nitrogens with one attached hydrogen (secondary N) is 1. The Morgan fingerprint density at radius 1 is 0.963 bits per heavy atom. The predicted octanol–water partition coefficient (Wildman–Crippen LogP) is 5.61. The molecule has 3 aromatic carbocycles. The molecule has 4 heteroatoms. The Kier molecular flexibility index (Phi) is 4.32. The molecule has 1 atom stereocenters. The van der Waals surface area contributed by atoms with Crippen molar-refractivity contribution in [1.29, 1.82) is 0 Å². The van der Waals surface area contributed by atoms with Crippen LogP contribution in [-0.4, -0.2) is 12.0 Å². The van der Waals surface area contributed by atoms with Crippen molar-refractivity contribution in [3.8, 4) is 5.75 Å². The van der Waals surface area contributed by atoms with Gasteiger partial charge < -0.3 is 14.5 Å². The van der Waals surface area contributed by atoms with Crippen molar-refractivity contribution in [2.75, 3.05) is 5.32 Å². The van der Waals surface area contributed by atoms with E-state index in [9.17, 15) is 4.79 Å². The Morgan fingerprint density at radius 3 is 2.56 bits per heavy atom. The van der Waals surface area contributed by atoms with E-state index < -0.39 is 6.10 Å². The number of fused-ring (bicyclic) bond motifs is 3. The molecule has 0 radical (unpaired) electrons. The van der Waals surface area contributed by atoms with Crippen LogP contribution in [0.15, 0.2) is 65.1 Å². The Bertz CT molecular complexity index is 1140. The summed E-state index contributed by atoms with van der Waals surface area (Å²) in [5, 5.41) is 5.00. The minimum Gasteiger partial charge on any atom is -0.481 e. The maximum Gasteiger partial charge on any atom is 0.265 e. The lowest BCUT2D eigenvalue weighted by molar-refractivity contribution is -0.122. The van der Waals surface area contributed by atoms with Gasteiger partial charge in [-0.1, -0.05) is 35.9 Å². The van der Waals surface area contributed by atoms with Crippen molar-refractivity contribution in [1.82, 2.24) is 0 Å². The molecule has 1 heterocycles. The number of anilines is 1. The van der Waals surface area contributed by atoms with Crippen molar-refractivity contribution in [3.05, 3.63) is 71.8 Å². The lowest BCUT2D eigenvalue weighted by Crippen LogP contribution is -2.30. The second-order valence-corrected chi connectivity index (χ2v) is 6.83. The van der Waals surface area contributed by atoms with Gasteiger partial charge in [-0.2, -0.15) is 0 Å². The highest BCUT2D eigenvalue weighted by atomic mass is 16.5. The molecule has 0 saturated carbocycles. The van der Waals surface area contributed by atoms with Gasteiger partial charge in [0.05, 0.1) is 0 Å². The highest BCUT2D eigenvalue weighted by Crippen LogP contribution is 2.30. The van der Waals surface area contributed by atoms with Crippen molar-refractivity contribution >= 4 is 33.5 Å². The molecule has 4 rings (SSSR count). The fraction of sp³-hybridized carbons (Fsp3) is 0.174. The molecule has 0 aliphatic rings. The first-order valence-electron chi connectivity index (χ1n) is 8.97. The number of hydrogen-bond donors (Lipinski definition) is 1. The summed E-state index contributed by atoms with van der Waals surface area (Å²) in [5.41, 5.74) is 4.44. The SMILES string of the molecule is Cc1ccc(O[C@@H](C)C(=O)Nc2ccc3c(c2)oc2ccccc23)c(C)c1. The molecule has 27 heavy (non-hydrogen) atoms. The molecule has 1 N–H and O–H groups in total. The molecule has 0 aliphatic carbocycles. The number of para-hydroxylation sites is 1. The van der Waals surface area contributed by atoms with Gasteiger partial charge in [-0.3, -0.25) is 4.79 Å². The van der Waals surface area contributed by atoms with Gasteiger partial charge >= 0.3 is 0 Å². The highest BCUT2D eigenvalue weighted by Gasteiger charge is 2.17. The van der Waals surface area contributed by atoms with Crippen LogP contribution in [0.25, 0.3) is 21.9 Å². The normalized spacial score (nSPS) is 12.3. The van der Waals surface area contributed by atoms with E-state index in [1.807, 2.05) is 74.5 Å². The summed E-state index contributed by atoms with van der Waals surface area (Å²) in [7, 11) is 0. The number of carbonyl (C=O) groups is 1. The van der Waals surface area contributed by atoms with E-state index in [4.69, 9.17) is 9.15 Å². The van der Waals surface area contributed by atoms with Gasteiger partial charge in [0.15, 0.2) is 6.10 Å². The molecule has 0 fully saturated rings. The van der Waals surface area contributed by atoms with Crippen LogP contribution in [0, 0.1) is 13.8 Å². The molecule has 0 unspecified atom stereocenters. The zero-order valence-corrected chi connectivity index (χ0v) is 15.6. The zero-order valence-electron chi connectivity index (χ0n) is 15.6. The van der Waals surface area contributed by atoms with Crippen molar-refractivity contribution < 1.29 is 13.9 Å². The Hall–Kier alpha value is -3.27. The minimum absolute atomic E-state index is 0.203. The number of benzene rings is 3. The monoisotopic (exact) mass is 359 g/mol. The van der Waals surface area contributed by atoms with Crippen LogP contribution in [0.5, 0.6) is 5.75 Å². The number of furan rings is 1. The van der Waals surface area contributed by atoms with Crippen molar-refractivity contribution in [2.24, 2.45) is 0 Å². The summed E-state index contributed by atoms with van der Waals surface area (Å²) in [6, 6.07) is 19.5. The fourth-order valence-corrected chi connectivity index (χ4v) is 3.22. The smallest absolute Gasteiger partial charge is 0.265 e. The first-order chi connectivity index (χ1) is 13.0. The molecule has 4 aromatic rings. The maximum atomic E-state index is 12.5. The van der Waals surface area contributed by atoms with Crippen molar-refractivity contribution in [3.63, 3.8) is 0 Å². The number of rotatable bonds is 4. The topological polar surface area (TPSA) is 51.5 Å². The Balaban J connectivity index is 1.52. The van der Waals surface area contributed by atoms with Gasteiger partial charge in [0.2, 0.25) is 0 Å². The molecular weight excluding hydrogens is 338 g/mol. The summed E-state index contributed by atoms with van der Waals surface area (Å²) < 4.78 is 11.7. The van der Waals surface area contributed by atoms with Gasteiger partial charge in [0.25, 0.3) is 5.91 Å². The summed E-state index contributed by atoms with van der Waals surface area (Å²) in [6.07, 6.45) is -0.613. The summed E-state index contributed by atoms with van der Waals surface area (Å²) in [6.45, 7) is 5.75. The summed E-state index contributed by atoms with van der Waals surface area (Å²) in [5.74, 6) is 0.515. The molecule has 4 nitrogen and oxygen atoms in total. The standard InChI is InChI=1S/C23H21NO3/c1-14-8-11-20(15(2)12-14)26-16(3)23(25)24-17-9-10-19-18-6-4-5-7-21(18)27-22(19)13-17/h4-13,16H,1-3H3,(H,24,25)/t16-/m0/s1. The zero-order chi connectivity index (χ0) is 19.0. The summed E-state index contributed by atoms with van der Waals surface area (Å²) >= 11 is 0. The first-order valence-corrected chi connectivity index (χ1v) is 8.97. The lowest BCUT2D eigenvalue weighted by atomic mass is 10.1. The van der Waals surface area contributed by atoms with Gasteiger partial charge in [-0.05, 0) is 50.6 Å². The predicted molar refractivity (Wildman–Crippen MR) is 108 cm³/mol. The third-order valence-corrected chi connectivity index (χ3v) is 4.65. The number of ether oxygens (including phenoxy) is 1. The van der Waals surface area contributed by atoms with Crippen LogP contribution in [0.3, 0.4) is 0 Å². The van der Waals surface area contributed by atoms with Gasteiger partial charge in [0.1, 0.15) is 16.9 Å². The van der Waals surface area contributed by atoms with Crippen LogP contribution in [-0.2, 0) is 4.79 Å². The molecule has 0 aliphatic heterocycles. The molecule has 0 spiro atoms. The molecule has 1 amide bonds. The van der Waals surface area contributed by atoms with E-state index in [1.54, 1.807) is 6.92 Å². The Morgan fingerprint density at radius 2 is 1.74 bits per heavy atom. The van der Waals surface area contributed by atoms with Gasteiger partial charge in [0, 0.05) is 22.5 Å². The quantitative estimate of drug-likeness (QED) is 0.515. The van der Waals surface area contributed by atoms with Crippen LogP contribution < -0.4 is 10.1 Å². The van der Waals surface area contributed by atoms with Gasteiger partial charge in [-0.15, -0.1) is 0 Å². The molecule has 136 valence electrons. The number of amides is 1. The Labute approximate surface area is 157 Å². The largest absolute Gasteiger partial charge is 0.481 e. The highest BCUT2D eigenvalue weighted by molar-refractivity contribution is 6.06. The van der Waals surface area contributed by atoms with Gasteiger partial charge in [-0.25, -0.2) is 0 Å². The fourth-order valence-electron chi connectivity index (χ4n) is 3.22. The summed E-state index contributed by atoms with van der Waals surface area (Å²) in [4.78, 5) is 12.5. The molecular formula is C23H21NO3. The third-order valence-electron chi connectivity index (χ3n) is 4.65. The van der Waals surface area contributed by atoms with Crippen LogP contribution in [0.4, 0.5) is 5.69 Å². The number of aryl methyl sites for hydroxylation is 2. The second-order valence-electron chi connectivity index (χ2n) is 6.83. The average Bonchev–Trinajstić information content (AvgIpc) is 3.01. The maximum absolute atomic E-state index is 12.5. The van der Waals surface area contributed by atoms with E-state index >= 15 is 0 Å². The van der Waals surface area contributed by atoms with E-state index in [0.29, 0.717) is 5.69 Å². The lowest BCUT2D eigenvalue weighted by Gasteiger charge is -2.16. The van der Waals surface area contributed by atoms with Crippen LogP contribution >= 0.6 is 0 Å². The average molecular weight is 359 g/mol. The second kappa shape index (κ2) is 6.80. The van der Waals surface area contributed by atoms with Crippen LogP contribution in [0.1, 0.15) is 18.1 Å². The first kappa shape index (κ1) is 17.2. The molecule has 1 aromatic heterocycles. The number of carbonyl (C=O) groups excluding carboxylic acids is 1. The minimum atomic E-state index is -0.613. The van der Waals surface area contributed by atoms with Crippen LogP contribution in [0.2, 0.25) is 0 Å². The van der Waals surface area contributed by atoms with E-state index in [2.05, 4.69) is 5.32 Å². The third kappa shape index (κ3) is 3.38. The molecule has 0 saturated heterocycles. The van der Waals surface area contributed by atoms with E-state index in [1.165, 1.54) is 0 Å².